The Morgan fingerprint density at radius 3 is 3.00 bits per heavy atom. The molecule has 3 rings (SSSR count). The van der Waals surface area contributed by atoms with Crippen molar-refractivity contribution in [2.45, 2.75) is 25.7 Å². The zero-order valence-electron chi connectivity index (χ0n) is 9.82. The second-order valence-electron chi connectivity index (χ2n) is 4.68. The first-order chi connectivity index (χ1) is 8.42. The van der Waals surface area contributed by atoms with Crippen LogP contribution in [0, 0.1) is 5.92 Å². The van der Waals surface area contributed by atoms with Crippen LogP contribution in [0.2, 0.25) is 0 Å². The van der Waals surface area contributed by atoms with E-state index in [1.807, 2.05) is 0 Å². The Kier molecular flexibility index (Phi) is 3.00. The van der Waals surface area contributed by atoms with E-state index in [4.69, 9.17) is 0 Å². The third-order valence-corrected chi connectivity index (χ3v) is 3.46. The van der Waals surface area contributed by atoms with Gasteiger partial charge in [0.25, 0.3) is 0 Å². The number of nitrogens with zero attached hydrogens (tertiary/aromatic N) is 3. The number of rotatable bonds is 3. The molecule has 5 heteroatoms. The van der Waals surface area contributed by atoms with Crippen molar-refractivity contribution in [2.75, 3.05) is 13.1 Å². The third kappa shape index (κ3) is 2.44. The smallest absolute Gasteiger partial charge is 0.180 e. The monoisotopic (exact) mass is 231 g/mol. The van der Waals surface area contributed by atoms with Gasteiger partial charge in [-0.2, -0.15) is 0 Å². The van der Waals surface area contributed by atoms with Gasteiger partial charge in [-0.05, 0) is 38.3 Å². The van der Waals surface area contributed by atoms with Crippen molar-refractivity contribution in [3.8, 4) is 0 Å². The number of piperidine rings is 1. The summed E-state index contributed by atoms with van der Waals surface area (Å²) in [5.41, 5.74) is 1.72. The van der Waals surface area contributed by atoms with Gasteiger partial charge < -0.3 is 10.3 Å². The standard InChI is InChI=1S/C12H17N5/c1(9-3-5-13-6-4-9)2-11-16-10-7-14-8-15-12(10)17-11/h7-9,13H,1-6H2,(H,14,15,16,17). The van der Waals surface area contributed by atoms with Crippen molar-refractivity contribution >= 4 is 11.2 Å². The summed E-state index contributed by atoms with van der Waals surface area (Å²) >= 11 is 0. The number of aromatic nitrogens is 4. The Morgan fingerprint density at radius 2 is 2.18 bits per heavy atom. The molecule has 0 amide bonds. The van der Waals surface area contributed by atoms with Crippen LogP contribution in [0.25, 0.3) is 11.2 Å². The summed E-state index contributed by atoms with van der Waals surface area (Å²) in [7, 11) is 0. The maximum Gasteiger partial charge on any atom is 0.180 e. The average Bonchev–Trinajstić information content (AvgIpc) is 2.80. The molecule has 0 saturated carbocycles. The lowest BCUT2D eigenvalue weighted by molar-refractivity contribution is 0.352. The van der Waals surface area contributed by atoms with E-state index in [1.54, 1.807) is 12.5 Å². The Labute approximate surface area is 100 Å². The van der Waals surface area contributed by atoms with Gasteiger partial charge in [-0.3, -0.25) is 0 Å². The van der Waals surface area contributed by atoms with Crippen molar-refractivity contribution in [3.05, 3.63) is 18.3 Å². The topological polar surface area (TPSA) is 66.5 Å². The largest absolute Gasteiger partial charge is 0.339 e. The molecule has 17 heavy (non-hydrogen) atoms. The van der Waals surface area contributed by atoms with Crippen molar-refractivity contribution < 1.29 is 0 Å². The van der Waals surface area contributed by atoms with Gasteiger partial charge in [0.1, 0.15) is 17.7 Å². The summed E-state index contributed by atoms with van der Waals surface area (Å²) < 4.78 is 0. The summed E-state index contributed by atoms with van der Waals surface area (Å²) in [6.07, 6.45) is 8.14. The van der Waals surface area contributed by atoms with Crippen LogP contribution in [-0.2, 0) is 6.42 Å². The van der Waals surface area contributed by atoms with Crippen LogP contribution in [-0.4, -0.2) is 33.0 Å². The third-order valence-electron chi connectivity index (χ3n) is 3.46. The Hall–Kier alpha value is -1.49. The highest BCUT2D eigenvalue weighted by Gasteiger charge is 2.13. The maximum atomic E-state index is 4.47. The fourth-order valence-corrected chi connectivity index (χ4v) is 2.44. The molecule has 0 aromatic carbocycles. The minimum Gasteiger partial charge on any atom is -0.339 e. The van der Waals surface area contributed by atoms with E-state index in [1.165, 1.54) is 19.3 Å². The molecule has 0 spiro atoms. The number of hydrogen-bond donors (Lipinski definition) is 2. The maximum absolute atomic E-state index is 4.47. The zero-order valence-corrected chi connectivity index (χ0v) is 9.82. The van der Waals surface area contributed by atoms with Gasteiger partial charge in [0, 0.05) is 6.42 Å². The average molecular weight is 231 g/mol. The normalized spacial score (nSPS) is 17.6. The molecule has 0 atom stereocenters. The predicted octanol–water partition coefficient (Wildman–Crippen LogP) is 1.29. The molecule has 1 fully saturated rings. The summed E-state index contributed by atoms with van der Waals surface area (Å²) in [6.45, 7) is 2.33. The minimum absolute atomic E-state index is 0.778. The van der Waals surface area contributed by atoms with E-state index in [0.717, 1.165) is 42.4 Å². The van der Waals surface area contributed by atoms with Gasteiger partial charge in [0.05, 0.1) is 6.20 Å². The molecule has 2 aromatic heterocycles. The molecule has 1 aliphatic rings. The van der Waals surface area contributed by atoms with E-state index < -0.39 is 0 Å². The predicted molar refractivity (Wildman–Crippen MR) is 65.6 cm³/mol. The number of fused-ring (bicyclic) bond motifs is 1. The number of imidazole rings is 1. The number of hydrogen-bond acceptors (Lipinski definition) is 4. The van der Waals surface area contributed by atoms with Gasteiger partial charge >= 0.3 is 0 Å². The van der Waals surface area contributed by atoms with Crippen LogP contribution in [0.1, 0.15) is 25.1 Å². The Morgan fingerprint density at radius 1 is 1.29 bits per heavy atom. The summed E-state index contributed by atoms with van der Waals surface area (Å²) in [4.78, 5) is 15.9. The fourth-order valence-electron chi connectivity index (χ4n) is 2.44. The zero-order chi connectivity index (χ0) is 11.5. The van der Waals surface area contributed by atoms with E-state index in [-0.39, 0.29) is 0 Å². The highest BCUT2D eigenvalue weighted by Crippen LogP contribution is 2.18. The van der Waals surface area contributed by atoms with Crippen molar-refractivity contribution in [3.63, 3.8) is 0 Å². The molecule has 5 nitrogen and oxygen atoms in total. The molecule has 0 radical (unpaired) electrons. The molecule has 0 bridgehead atoms. The van der Waals surface area contributed by atoms with Gasteiger partial charge in [0.2, 0.25) is 0 Å². The number of nitrogens with one attached hydrogen (secondary N) is 2. The number of H-pyrrole nitrogens is 1. The van der Waals surface area contributed by atoms with E-state index in [9.17, 15) is 0 Å². The quantitative estimate of drug-likeness (QED) is 0.835. The first-order valence-electron chi connectivity index (χ1n) is 6.27. The van der Waals surface area contributed by atoms with Crippen molar-refractivity contribution in [1.29, 1.82) is 0 Å². The highest BCUT2D eigenvalue weighted by molar-refractivity contribution is 5.68. The van der Waals surface area contributed by atoms with E-state index in [0.29, 0.717) is 0 Å². The molecule has 90 valence electrons. The van der Waals surface area contributed by atoms with Crippen LogP contribution in [0.15, 0.2) is 12.5 Å². The molecule has 1 saturated heterocycles. The first kappa shape index (κ1) is 10.7. The van der Waals surface area contributed by atoms with Crippen LogP contribution in [0.4, 0.5) is 0 Å². The van der Waals surface area contributed by atoms with E-state index >= 15 is 0 Å². The van der Waals surface area contributed by atoms with Gasteiger partial charge in [-0.1, -0.05) is 0 Å². The lowest BCUT2D eigenvalue weighted by Gasteiger charge is -2.21. The SMILES string of the molecule is c1ncc2[nH]c(CCC3CCNCC3)nc2n1. The lowest BCUT2D eigenvalue weighted by atomic mass is 9.93. The molecule has 1 aliphatic heterocycles. The first-order valence-corrected chi connectivity index (χ1v) is 6.27. The van der Waals surface area contributed by atoms with E-state index in [2.05, 4.69) is 25.3 Å². The second kappa shape index (κ2) is 4.79. The summed E-state index contributed by atoms with van der Waals surface area (Å²) in [6, 6.07) is 0. The fraction of sp³-hybridized carbons (Fsp3) is 0.583. The minimum atomic E-state index is 0.778. The van der Waals surface area contributed by atoms with Gasteiger partial charge in [-0.25, -0.2) is 15.0 Å². The molecule has 0 aliphatic carbocycles. The molecule has 2 N–H and O–H groups in total. The van der Waals surface area contributed by atoms with Crippen LogP contribution >= 0.6 is 0 Å². The van der Waals surface area contributed by atoms with Crippen LogP contribution in [0.5, 0.6) is 0 Å². The lowest BCUT2D eigenvalue weighted by Crippen LogP contribution is -2.27. The van der Waals surface area contributed by atoms with Gasteiger partial charge in [0.15, 0.2) is 5.65 Å². The number of aryl methyl sites for hydroxylation is 1. The van der Waals surface area contributed by atoms with Crippen molar-refractivity contribution in [2.24, 2.45) is 5.92 Å². The second-order valence-corrected chi connectivity index (χ2v) is 4.68. The number of aromatic amines is 1. The molecular formula is C12H17N5. The highest BCUT2D eigenvalue weighted by atomic mass is 15.0. The molecule has 2 aromatic rings. The molecule has 3 heterocycles. The summed E-state index contributed by atoms with van der Waals surface area (Å²) in [5, 5.41) is 3.39. The summed E-state index contributed by atoms with van der Waals surface area (Å²) in [5.74, 6) is 1.88. The Bertz CT molecular complexity index is 453. The Balaban J connectivity index is 1.64. The molecular weight excluding hydrogens is 214 g/mol. The molecule has 0 unspecified atom stereocenters. The van der Waals surface area contributed by atoms with Crippen LogP contribution < -0.4 is 5.32 Å². The van der Waals surface area contributed by atoms with Crippen molar-refractivity contribution in [1.82, 2.24) is 25.3 Å². The van der Waals surface area contributed by atoms with Crippen LogP contribution in [0.3, 0.4) is 0 Å². The van der Waals surface area contributed by atoms with Gasteiger partial charge in [-0.15, -0.1) is 0 Å².